The second kappa shape index (κ2) is 2.03. The van der Waals surface area contributed by atoms with Crippen LogP contribution in [0.5, 0.6) is 0 Å². The largest absolute Gasteiger partial charge is 0.301 e. The number of hydrogen-bond donors (Lipinski definition) is 1. The molecular weight excluding hydrogens is 102 g/mol. The van der Waals surface area contributed by atoms with Gasteiger partial charge in [0.25, 0.3) is 0 Å². The molecule has 1 unspecified atom stereocenters. The lowest BCUT2D eigenvalue weighted by Crippen LogP contribution is -2.05. The maximum absolute atomic E-state index is 4.96. The van der Waals surface area contributed by atoms with Crippen molar-refractivity contribution in [3.63, 3.8) is 0 Å². The van der Waals surface area contributed by atoms with Crippen molar-refractivity contribution in [3.05, 3.63) is 0 Å². The summed E-state index contributed by atoms with van der Waals surface area (Å²) < 4.78 is 0. The normalized spacial score (nSPS) is 36.0. The van der Waals surface area contributed by atoms with Crippen LogP contribution >= 0.6 is 0 Å². The lowest BCUT2D eigenvalue weighted by Gasteiger charge is -1.98. The summed E-state index contributed by atoms with van der Waals surface area (Å²) in [5, 5.41) is 0. The van der Waals surface area contributed by atoms with E-state index >= 15 is 0 Å². The molecule has 0 bridgehead atoms. The Morgan fingerprint density at radius 2 is 2.25 bits per heavy atom. The van der Waals surface area contributed by atoms with Gasteiger partial charge in [0.05, 0.1) is 6.10 Å². The van der Waals surface area contributed by atoms with E-state index in [0.717, 1.165) is 18.3 Å². The van der Waals surface area contributed by atoms with E-state index in [9.17, 15) is 0 Å². The smallest absolute Gasteiger partial charge is 0.0822 e. The number of hydrogen-bond acceptors (Lipinski definition) is 2. The van der Waals surface area contributed by atoms with Crippen molar-refractivity contribution in [2.45, 2.75) is 26.4 Å². The van der Waals surface area contributed by atoms with Gasteiger partial charge in [-0.15, -0.1) is 0 Å². The van der Waals surface area contributed by atoms with Crippen molar-refractivity contribution >= 4 is 0 Å². The Morgan fingerprint density at radius 1 is 1.62 bits per heavy atom. The molecule has 48 valence electrons. The first-order valence-corrected chi connectivity index (χ1v) is 3.11. The summed E-state index contributed by atoms with van der Waals surface area (Å²) in [6.07, 6.45) is 1.53. The van der Waals surface area contributed by atoms with Crippen LogP contribution in [0.25, 0.3) is 0 Å². The summed E-state index contributed by atoms with van der Waals surface area (Å²) in [6, 6.07) is 0. The average Bonchev–Trinajstić information content (AvgIpc) is 2.42. The molecule has 0 aromatic rings. The minimum Gasteiger partial charge on any atom is -0.301 e. The quantitative estimate of drug-likeness (QED) is 0.543. The molecule has 0 aromatic carbocycles. The molecule has 0 amide bonds. The Balaban J connectivity index is 2.16. The van der Waals surface area contributed by atoms with Gasteiger partial charge in [-0.1, -0.05) is 13.8 Å². The van der Waals surface area contributed by atoms with Crippen LogP contribution in [0.3, 0.4) is 0 Å². The van der Waals surface area contributed by atoms with Crippen LogP contribution in [0.2, 0.25) is 0 Å². The summed E-state index contributed by atoms with van der Waals surface area (Å²) >= 11 is 0. The van der Waals surface area contributed by atoms with E-state index < -0.39 is 0 Å². The minimum atomic E-state index is 0.370. The standard InChI is InChI=1S/C6H13NO/c1-4(2)5-3-6(5)8-7/h4-6H,3,7H2,1-2H3/t5?,6-/m0/s1. The monoisotopic (exact) mass is 115 g/mol. The molecule has 0 aliphatic heterocycles. The van der Waals surface area contributed by atoms with Gasteiger partial charge in [0, 0.05) is 0 Å². The predicted molar refractivity (Wildman–Crippen MR) is 32.0 cm³/mol. The van der Waals surface area contributed by atoms with Crippen LogP contribution in [-0.2, 0) is 4.84 Å². The van der Waals surface area contributed by atoms with E-state index in [0.29, 0.717) is 6.10 Å². The van der Waals surface area contributed by atoms with Crippen LogP contribution in [0.1, 0.15) is 20.3 Å². The van der Waals surface area contributed by atoms with Gasteiger partial charge in [-0.2, -0.15) is 0 Å². The molecule has 0 spiro atoms. The maximum atomic E-state index is 4.96. The van der Waals surface area contributed by atoms with E-state index in [2.05, 4.69) is 18.7 Å². The molecule has 1 fully saturated rings. The van der Waals surface area contributed by atoms with E-state index in [-0.39, 0.29) is 0 Å². The van der Waals surface area contributed by atoms with Crippen LogP contribution in [-0.4, -0.2) is 6.10 Å². The van der Waals surface area contributed by atoms with Crippen molar-refractivity contribution in [1.29, 1.82) is 0 Å². The first-order chi connectivity index (χ1) is 3.75. The maximum Gasteiger partial charge on any atom is 0.0822 e. The first kappa shape index (κ1) is 6.05. The fraction of sp³-hybridized carbons (Fsp3) is 1.00. The molecule has 1 aliphatic carbocycles. The highest BCUT2D eigenvalue weighted by atomic mass is 16.6. The van der Waals surface area contributed by atoms with Gasteiger partial charge >= 0.3 is 0 Å². The SMILES string of the molecule is CC(C)C1C[C@@H]1ON. The Hall–Kier alpha value is -0.0800. The second-order valence-corrected chi connectivity index (χ2v) is 2.82. The van der Waals surface area contributed by atoms with Gasteiger partial charge in [-0.25, -0.2) is 5.90 Å². The molecule has 2 nitrogen and oxygen atoms in total. The van der Waals surface area contributed by atoms with Crippen molar-refractivity contribution in [2.75, 3.05) is 0 Å². The first-order valence-electron chi connectivity index (χ1n) is 3.11. The highest BCUT2D eigenvalue weighted by Gasteiger charge is 2.40. The highest BCUT2D eigenvalue weighted by molar-refractivity contribution is 4.88. The predicted octanol–water partition coefficient (Wildman–Crippen LogP) is 0.921. The summed E-state index contributed by atoms with van der Waals surface area (Å²) in [5.41, 5.74) is 0. The van der Waals surface area contributed by atoms with E-state index in [1.807, 2.05) is 0 Å². The zero-order valence-corrected chi connectivity index (χ0v) is 5.42. The molecule has 2 atom stereocenters. The number of rotatable bonds is 2. The highest BCUT2D eigenvalue weighted by Crippen LogP contribution is 2.38. The van der Waals surface area contributed by atoms with Gasteiger partial charge in [0.1, 0.15) is 0 Å². The van der Waals surface area contributed by atoms with Gasteiger partial charge in [-0.3, -0.25) is 0 Å². The zero-order valence-electron chi connectivity index (χ0n) is 5.42. The van der Waals surface area contributed by atoms with E-state index in [1.54, 1.807) is 0 Å². The van der Waals surface area contributed by atoms with Gasteiger partial charge in [-0.05, 0) is 18.3 Å². The van der Waals surface area contributed by atoms with E-state index in [4.69, 9.17) is 5.90 Å². The third-order valence-electron chi connectivity index (χ3n) is 1.81. The van der Waals surface area contributed by atoms with Crippen LogP contribution in [0.4, 0.5) is 0 Å². The second-order valence-electron chi connectivity index (χ2n) is 2.82. The van der Waals surface area contributed by atoms with Crippen molar-refractivity contribution in [2.24, 2.45) is 17.7 Å². The Bertz CT molecular complexity index is 82.6. The molecular formula is C6H13NO. The van der Waals surface area contributed by atoms with Gasteiger partial charge < -0.3 is 4.84 Å². The summed E-state index contributed by atoms with van der Waals surface area (Å²) in [6.45, 7) is 4.40. The number of nitrogens with two attached hydrogens (primary N) is 1. The minimum absolute atomic E-state index is 0.370. The van der Waals surface area contributed by atoms with Gasteiger partial charge in [0.15, 0.2) is 0 Å². The molecule has 1 saturated carbocycles. The van der Waals surface area contributed by atoms with Gasteiger partial charge in [0.2, 0.25) is 0 Å². The Morgan fingerprint density at radius 3 is 2.38 bits per heavy atom. The molecule has 1 aliphatic rings. The molecule has 0 radical (unpaired) electrons. The summed E-state index contributed by atoms with van der Waals surface area (Å²) in [5.74, 6) is 6.44. The van der Waals surface area contributed by atoms with Crippen molar-refractivity contribution in [1.82, 2.24) is 0 Å². The fourth-order valence-electron chi connectivity index (χ4n) is 1.05. The molecule has 2 N–H and O–H groups in total. The fourth-order valence-corrected chi connectivity index (χ4v) is 1.05. The molecule has 2 heteroatoms. The topological polar surface area (TPSA) is 35.2 Å². The van der Waals surface area contributed by atoms with Crippen LogP contribution in [0, 0.1) is 11.8 Å². The molecule has 1 rings (SSSR count). The molecule has 8 heavy (non-hydrogen) atoms. The van der Waals surface area contributed by atoms with Crippen LogP contribution in [0.15, 0.2) is 0 Å². The Labute approximate surface area is 50.0 Å². The lowest BCUT2D eigenvalue weighted by molar-refractivity contribution is 0.105. The third-order valence-corrected chi connectivity index (χ3v) is 1.81. The summed E-state index contributed by atoms with van der Waals surface area (Å²) in [4.78, 5) is 4.64. The third kappa shape index (κ3) is 1.01. The molecule has 0 aromatic heterocycles. The van der Waals surface area contributed by atoms with E-state index in [1.165, 1.54) is 0 Å². The molecule has 0 saturated heterocycles. The summed E-state index contributed by atoms with van der Waals surface area (Å²) in [7, 11) is 0. The van der Waals surface area contributed by atoms with Crippen molar-refractivity contribution < 1.29 is 4.84 Å². The lowest BCUT2D eigenvalue weighted by atomic mass is 10.1. The van der Waals surface area contributed by atoms with Crippen LogP contribution < -0.4 is 5.90 Å². The van der Waals surface area contributed by atoms with Crippen molar-refractivity contribution in [3.8, 4) is 0 Å². The molecule has 0 heterocycles. The Kier molecular flexibility index (Phi) is 1.54. The zero-order chi connectivity index (χ0) is 6.15. The average molecular weight is 115 g/mol.